The molecule has 1 N–H and O–H groups in total. The largest absolute Gasteiger partial charge is 0.316 e. The molecule has 0 spiro atoms. The van der Waals surface area contributed by atoms with Gasteiger partial charge in [-0.25, -0.2) is 0 Å². The average molecular weight is 252 g/mol. The fourth-order valence-corrected chi connectivity index (χ4v) is 3.75. The summed E-state index contributed by atoms with van der Waals surface area (Å²) in [6.45, 7) is 11.1. The Balaban J connectivity index is 1.67. The van der Waals surface area contributed by atoms with Gasteiger partial charge in [0.15, 0.2) is 0 Å². The van der Waals surface area contributed by atoms with Crippen LogP contribution < -0.4 is 5.32 Å². The van der Waals surface area contributed by atoms with Crippen molar-refractivity contribution < 1.29 is 0 Å². The molecule has 1 saturated carbocycles. The van der Waals surface area contributed by atoms with Gasteiger partial charge < -0.3 is 10.2 Å². The van der Waals surface area contributed by atoms with E-state index in [4.69, 9.17) is 0 Å². The van der Waals surface area contributed by atoms with E-state index in [0.29, 0.717) is 0 Å². The van der Waals surface area contributed by atoms with E-state index in [2.05, 4.69) is 24.1 Å². The lowest BCUT2D eigenvalue weighted by atomic mass is 10.0. The predicted molar refractivity (Wildman–Crippen MR) is 78.8 cm³/mol. The number of nitrogens with zero attached hydrogens (tertiary/aromatic N) is 1. The Hall–Kier alpha value is -0.0800. The Morgan fingerprint density at radius 2 is 1.61 bits per heavy atom. The fourth-order valence-electron chi connectivity index (χ4n) is 3.75. The van der Waals surface area contributed by atoms with E-state index in [9.17, 15) is 0 Å². The van der Waals surface area contributed by atoms with Gasteiger partial charge in [0.05, 0.1) is 0 Å². The summed E-state index contributed by atoms with van der Waals surface area (Å²) in [6.07, 6.45) is 8.92. The summed E-state index contributed by atoms with van der Waals surface area (Å²) < 4.78 is 0. The first-order valence-corrected chi connectivity index (χ1v) is 8.17. The van der Waals surface area contributed by atoms with Crippen molar-refractivity contribution in [2.24, 2.45) is 17.8 Å². The van der Waals surface area contributed by atoms with Crippen molar-refractivity contribution in [2.45, 2.75) is 52.4 Å². The van der Waals surface area contributed by atoms with Gasteiger partial charge in [0.1, 0.15) is 0 Å². The highest BCUT2D eigenvalue weighted by Gasteiger charge is 2.18. The number of rotatable bonds is 4. The molecule has 0 aromatic rings. The van der Waals surface area contributed by atoms with Crippen molar-refractivity contribution in [1.82, 2.24) is 10.2 Å². The van der Waals surface area contributed by atoms with Crippen molar-refractivity contribution in [2.75, 3.05) is 32.7 Å². The molecule has 1 saturated heterocycles. The van der Waals surface area contributed by atoms with Crippen molar-refractivity contribution in [1.29, 1.82) is 0 Å². The Kier molecular flexibility index (Phi) is 5.97. The van der Waals surface area contributed by atoms with Crippen LogP contribution in [-0.2, 0) is 0 Å². The highest BCUT2D eigenvalue weighted by Crippen LogP contribution is 2.28. The maximum absolute atomic E-state index is 3.58. The van der Waals surface area contributed by atoms with Crippen LogP contribution >= 0.6 is 0 Å². The van der Waals surface area contributed by atoms with Crippen LogP contribution in [-0.4, -0.2) is 37.6 Å². The standard InChI is InChI=1S/C16H32N2/c1-14-10-17-11-15(2)13-18(12-14)9-5-8-16-6-3-4-7-16/h14-17H,3-13H2,1-2H3. The van der Waals surface area contributed by atoms with Crippen LogP contribution in [0.4, 0.5) is 0 Å². The van der Waals surface area contributed by atoms with Gasteiger partial charge in [-0.3, -0.25) is 0 Å². The van der Waals surface area contributed by atoms with Gasteiger partial charge in [0.2, 0.25) is 0 Å². The lowest BCUT2D eigenvalue weighted by molar-refractivity contribution is 0.180. The van der Waals surface area contributed by atoms with E-state index in [-0.39, 0.29) is 0 Å². The third-order valence-electron chi connectivity index (χ3n) is 4.69. The van der Waals surface area contributed by atoms with Crippen LogP contribution in [0.2, 0.25) is 0 Å². The normalized spacial score (nSPS) is 32.3. The Bertz CT molecular complexity index is 211. The monoisotopic (exact) mass is 252 g/mol. The summed E-state index contributed by atoms with van der Waals surface area (Å²) in [7, 11) is 0. The minimum absolute atomic E-state index is 0.809. The van der Waals surface area contributed by atoms with Crippen molar-refractivity contribution >= 4 is 0 Å². The molecule has 0 aromatic carbocycles. The van der Waals surface area contributed by atoms with Crippen LogP contribution in [0.3, 0.4) is 0 Å². The quantitative estimate of drug-likeness (QED) is 0.827. The predicted octanol–water partition coefficient (Wildman–Crippen LogP) is 3.13. The zero-order valence-corrected chi connectivity index (χ0v) is 12.5. The summed E-state index contributed by atoms with van der Waals surface area (Å²) in [6, 6.07) is 0. The number of hydrogen-bond acceptors (Lipinski definition) is 2. The van der Waals surface area contributed by atoms with Crippen molar-refractivity contribution in [3.8, 4) is 0 Å². The highest BCUT2D eigenvalue weighted by molar-refractivity contribution is 4.74. The van der Waals surface area contributed by atoms with E-state index in [1.54, 1.807) is 0 Å². The topological polar surface area (TPSA) is 15.3 Å². The van der Waals surface area contributed by atoms with Crippen molar-refractivity contribution in [3.63, 3.8) is 0 Å². The van der Waals surface area contributed by atoms with Crippen LogP contribution in [0.1, 0.15) is 52.4 Å². The molecule has 2 nitrogen and oxygen atoms in total. The SMILES string of the molecule is CC1CNCC(C)CN(CCCC2CCCC2)C1. The summed E-state index contributed by atoms with van der Waals surface area (Å²) in [5.41, 5.74) is 0. The van der Waals surface area contributed by atoms with Gasteiger partial charge in [0.25, 0.3) is 0 Å². The molecule has 0 aromatic heterocycles. The molecule has 2 heteroatoms. The molecule has 1 heterocycles. The van der Waals surface area contributed by atoms with Crippen LogP contribution in [0, 0.1) is 17.8 Å². The second-order valence-electron chi connectivity index (χ2n) is 6.92. The molecular formula is C16H32N2. The van der Waals surface area contributed by atoms with Crippen molar-refractivity contribution in [3.05, 3.63) is 0 Å². The first kappa shape index (κ1) is 14.3. The Morgan fingerprint density at radius 3 is 2.22 bits per heavy atom. The number of hydrogen-bond donors (Lipinski definition) is 1. The number of nitrogens with one attached hydrogen (secondary N) is 1. The van der Waals surface area contributed by atoms with Crippen LogP contribution in [0.15, 0.2) is 0 Å². The molecule has 0 amide bonds. The molecule has 2 aliphatic rings. The third kappa shape index (κ3) is 4.89. The summed E-state index contributed by atoms with van der Waals surface area (Å²) >= 11 is 0. The molecule has 106 valence electrons. The molecular weight excluding hydrogens is 220 g/mol. The fraction of sp³-hybridized carbons (Fsp3) is 1.00. The lowest BCUT2D eigenvalue weighted by Crippen LogP contribution is -2.42. The van der Waals surface area contributed by atoms with E-state index in [0.717, 1.165) is 17.8 Å². The third-order valence-corrected chi connectivity index (χ3v) is 4.69. The lowest BCUT2D eigenvalue weighted by Gasteiger charge is -2.32. The first-order chi connectivity index (χ1) is 8.74. The smallest absolute Gasteiger partial charge is 0.00193 e. The Labute approximate surface area is 114 Å². The maximum Gasteiger partial charge on any atom is 0.00193 e. The molecule has 2 atom stereocenters. The summed E-state index contributed by atoms with van der Waals surface area (Å²) in [5.74, 6) is 2.68. The second-order valence-corrected chi connectivity index (χ2v) is 6.92. The molecule has 1 aliphatic carbocycles. The Morgan fingerprint density at radius 1 is 1.00 bits per heavy atom. The van der Waals surface area contributed by atoms with Gasteiger partial charge in [-0.05, 0) is 50.2 Å². The average Bonchev–Trinajstić information content (AvgIpc) is 2.79. The summed E-state index contributed by atoms with van der Waals surface area (Å²) in [5, 5.41) is 3.58. The first-order valence-electron chi connectivity index (χ1n) is 8.17. The van der Waals surface area contributed by atoms with Gasteiger partial charge >= 0.3 is 0 Å². The second kappa shape index (κ2) is 7.49. The molecule has 0 radical (unpaired) electrons. The molecule has 2 unspecified atom stereocenters. The molecule has 1 aliphatic heterocycles. The van der Waals surface area contributed by atoms with Gasteiger partial charge in [-0.15, -0.1) is 0 Å². The van der Waals surface area contributed by atoms with E-state index < -0.39 is 0 Å². The van der Waals surface area contributed by atoms with E-state index >= 15 is 0 Å². The maximum atomic E-state index is 3.58. The zero-order chi connectivity index (χ0) is 12.8. The minimum atomic E-state index is 0.809. The zero-order valence-electron chi connectivity index (χ0n) is 12.5. The molecule has 18 heavy (non-hydrogen) atoms. The highest BCUT2D eigenvalue weighted by atomic mass is 15.1. The molecule has 0 bridgehead atoms. The molecule has 2 fully saturated rings. The van der Waals surface area contributed by atoms with Crippen LogP contribution in [0.25, 0.3) is 0 Å². The van der Waals surface area contributed by atoms with Gasteiger partial charge in [-0.2, -0.15) is 0 Å². The molecule has 2 rings (SSSR count). The van der Waals surface area contributed by atoms with E-state index in [1.165, 1.54) is 71.2 Å². The van der Waals surface area contributed by atoms with E-state index in [1.807, 2.05) is 0 Å². The van der Waals surface area contributed by atoms with Crippen LogP contribution in [0.5, 0.6) is 0 Å². The van der Waals surface area contributed by atoms with Gasteiger partial charge in [-0.1, -0.05) is 39.5 Å². The summed E-state index contributed by atoms with van der Waals surface area (Å²) in [4.78, 5) is 2.73. The minimum Gasteiger partial charge on any atom is -0.316 e. The van der Waals surface area contributed by atoms with Gasteiger partial charge in [0, 0.05) is 13.1 Å².